The second-order valence-electron chi connectivity index (χ2n) is 10.7. The molecule has 2 aromatic carbocycles. The van der Waals surface area contributed by atoms with Gasteiger partial charge in [0.05, 0.1) is 23.9 Å². The molecule has 8 nitrogen and oxygen atoms in total. The average molecular weight is 488 g/mol. The van der Waals surface area contributed by atoms with E-state index in [1.807, 2.05) is 63.2 Å². The standard InChI is InChI=1S/C28H33N5O3/c1-27(2,3)33-25-24(17-30-33)26(34)32(20-29-25)19-28(35)13-15-31(16-14-28)18-21-9-11-23(12-10-21)36-22-7-5-4-6-8-22/h4-12,17,20,35H,13-16,18-19H2,1-3H3. The van der Waals surface area contributed by atoms with Gasteiger partial charge in [0.1, 0.15) is 23.2 Å². The Labute approximate surface area is 210 Å². The minimum atomic E-state index is -0.941. The highest BCUT2D eigenvalue weighted by Crippen LogP contribution is 2.26. The molecule has 0 unspecified atom stereocenters. The predicted octanol–water partition coefficient (Wildman–Crippen LogP) is 4.17. The lowest BCUT2D eigenvalue weighted by molar-refractivity contribution is -0.0364. The quantitative estimate of drug-likeness (QED) is 0.439. The molecule has 0 spiro atoms. The van der Waals surface area contributed by atoms with E-state index in [9.17, 15) is 9.90 Å². The van der Waals surface area contributed by atoms with Gasteiger partial charge in [0.25, 0.3) is 5.56 Å². The Bertz CT molecular complexity index is 1380. The van der Waals surface area contributed by atoms with Gasteiger partial charge in [-0.2, -0.15) is 5.10 Å². The number of piperidine rings is 1. The van der Waals surface area contributed by atoms with Crippen molar-refractivity contribution < 1.29 is 9.84 Å². The third-order valence-corrected chi connectivity index (χ3v) is 6.75. The van der Waals surface area contributed by atoms with Crippen molar-refractivity contribution in [3.8, 4) is 11.5 Å². The molecule has 1 aliphatic heterocycles. The summed E-state index contributed by atoms with van der Waals surface area (Å²) in [5.74, 6) is 1.62. The molecule has 0 radical (unpaired) electrons. The third-order valence-electron chi connectivity index (χ3n) is 6.75. The van der Waals surface area contributed by atoms with Gasteiger partial charge in [-0.25, -0.2) is 9.67 Å². The number of likely N-dealkylation sites (tertiary alicyclic amines) is 1. The summed E-state index contributed by atoms with van der Waals surface area (Å²) in [6.45, 7) is 8.62. The molecule has 0 atom stereocenters. The highest BCUT2D eigenvalue weighted by atomic mass is 16.5. The molecule has 0 bridgehead atoms. The molecule has 8 heteroatoms. The fraction of sp³-hybridized carbons (Fsp3) is 0.393. The largest absolute Gasteiger partial charge is 0.457 e. The number of para-hydroxylation sites is 1. The van der Waals surface area contributed by atoms with Crippen LogP contribution < -0.4 is 10.3 Å². The van der Waals surface area contributed by atoms with Crippen molar-refractivity contribution in [2.45, 2.75) is 57.8 Å². The maximum Gasteiger partial charge on any atom is 0.264 e. The molecule has 1 aliphatic rings. The van der Waals surface area contributed by atoms with Gasteiger partial charge >= 0.3 is 0 Å². The highest BCUT2D eigenvalue weighted by Gasteiger charge is 2.33. The normalized spacial score (nSPS) is 16.3. The predicted molar refractivity (Wildman–Crippen MR) is 139 cm³/mol. The fourth-order valence-corrected chi connectivity index (χ4v) is 4.70. The molecule has 1 saturated heterocycles. The van der Waals surface area contributed by atoms with E-state index in [1.54, 1.807) is 10.9 Å². The number of hydrogen-bond donors (Lipinski definition) is 1. The molecule has 36 heavy (non-hydrogen) atoms. The molecule has 4 aromatic rings. The summed E-state index contributed by atoms with van der Waals surface area (Å²) in [5, 5.41) is 16.1. The first kappa shape index (κ1) is 24.2. The molecule has 0 saturated carbocycles. The van der Waals surface area contributed by atoms with E-state index >= 15 is 0 Å². The lowest BCUT2D eigenvalue weighted by atomic mass is 9.91. The SMILES string of the molecule is CC(C)(C)n1ncc2c(=O)n(CC3(O)CCN(Cc4ccc(Oc5ccccc5)cc4)CC3)cnc21. The maximum absolute atomic E-state index is 13.1. The van der Waals surface area contributed by atoms with Gasteiger partial charge in [-0.05, 0) is 63.4 Å². The van der Waals surface area contributed by atoms with Gasteiger partial charge in [0.15, 0.2) is 5.65 Å². The minimum Gasteiger partial charge on any atom is -0.457 e. The van der Waals surface area contributed by atoms with E-state index < -0.39 is 5.60 Å². The first-order valence-electron chi connectivity index (χ1n) is 12.4. The van der Waals surface area contributed by atoms with Crippen LogP contribution in [0.25, 0.3) is 11.0 Å². The number of aliphatic hydroxyl groups is 1. The topological polar surface area (TPSA) is 85.4 Å². The molecule has 3 heterocycles. The molecule has 1 fully saturated rings. The van der Waals surface area contributed by atoms with Crippen LogP contribution in [0.3, 0.4) is 0 Å². The number of hydrogen-bond acceptors (Lipinski definition) is 6. The Morgan fingerprint density at radius 2 is 1.67 bits per heavy atom. The summed E-state index contributed by atoms with van der Waals surface area (Å²) in [6, 6.07) is 17.9. The van der Waals surface area contributed by atoms with Crippen molar-refractivity contribution in [3.05, 3.63) is 83.0 Å². The minimum absolute atomic E-state index is 0.163. The van der Waals surface area contributed by atoms with Crippen LogP contribution in [0.1, 0.15) is 39.2 Å². The highest BCUT2D eigenvalue weighted by molar-refractivity contribution is 5.73. The van der Waals surface area contributed by atoms with Crippen molar-refractivity contribution in [1.29, 1.82) is 0 Å². The zero-order valence-electron chi connectivity index (χ0n) is 21.1. The second kappa shape index (κ2) is 9.52. The van der Waals surface area contributed by atoms with Crippen molar-refractivity contribution in [2.75, 3.05) is 13.1 Å². The fourth-order valence-electron chi connectivity index (χ4n) is 4.70. The van der Waals surface area contributed by atoms with Crippen LogP contribution in [0.5, 0.6) is 11.5 Å². The Hall–Kier alpha value is -3.49. The zero-order chi connectivity index (χ0) is 25.3. The summed E-state index contributed by atoms with van der Waals surface area (Å²) in [4.78, 5) is 19.9. The van der Waals surface area contributed by atoms with Crippen LogP contribution in [0.4, 0.5) is 0 Å². The Kier molecular flexibility index (Phi) is 6.40. The third kappa shape index (κ3) is 5.20. The summed E-state index contributed by atoms with van der Waals surface area (Å²) in [6.07, 6.45) is 4.30. The van der Waals surface area contributed by atoms with Gasteiger partial charge in [-0.15, -0.1) is 0 Å². The van der Waals surface area contributed by atoms with Crippen LogP contribution >= 0.6 is 0 Å². The molecule has 1 N–H and O–H groups in total. The Balaban J connectivity index is 1.19. The van der Waals surface area contributed by atoms with Crippen LogP contribution in [0, 0.1) is 0 Å². The molecular weight excluding hydrogens is 454 g/mol. The van der Waals surface area contributed by atoms with Crippen LogP contribution in [-0.4, -0.2) is 48.0 Å². The lowest BCUT2D eigenvalue weighted by Gasteiger charge is -2.38. The number of nitrogens with zero attached hydrogens (tertiary/aromatic N) is 5. The first-order chi connectivity index (χ1) is 17.2. The average Bonchev–Trinajstić information content (AvgIpc) is 3.30. The van der Waals surface area contributed by atoms with Gasteiger partial charge in [0, 0.05) is 19.6 Å². The van der Waals surface area contributed by atoms with Crippen molar-refractivity contribution >= 4 is 11.0 Å². The van der Waals surface area contributed by atoms with Gasteiger partial charge < -0.3 is 9.84 Å². The number of ether oxygens (including phenoxy) is 1. The lowest BCUT2D eigenvalue weighted by Crippen LogP contribution is -2.47. The van der Waals surface area contributed by atoms with Gasteiger partial charge in [-0.3, -0.25) is 14.3 Å². The molecule has 188 valence electrons. The van der Waals surface area contributed by atoms with E-state index in [2.05, 4.69) is 27.1 Å². The summed E-state index contributed by atoms with van der Waals surface area (Å²) >= 11 is 0. The second-order valence-corrected chi connectivity index (χ2v) is 10.7. The Morgan fingerprint density at radius 3 is 2.33 bits per heavy atom. The zero-order valence-corrected chi connectivity index (χ0v) is 21.1. The van der Waals surface area contributed by atoms with E-state index in [-0.39, 0.29) is 17.6 Å². The van der Waals surface area contributed by atoms with E-state index in [0.717, 1.165) is 31.1 Å². The Morgan fingerprint density at radius 1 is 1.00 bits per heavy atom. The summed E-state index contributed by atoms with van der Waals surface area (Å²) < 4.78 is 9.17. The number of fused-ring (bicyclic) bond motifs is 1. The molecule has 0 aliphatic carbocycles. The monoisotopic (exact) mass is 487 g/mol. The smallest absolute Gasteiger partial charge is 0.264 e. The maximum atomic E-state index is 13.1. The van der Waals surface area contributed by atoms with E-state index in [0.29, 0.717) is 23.9 Å². The molecule has 2 aromatic heterocycles. The van der Waals surface area contributed by atoms with Crippen LogP contribution in [0.2, 0.25) is 0 Å². The van der Waals surface area contributed by atoms with E-state index in [4.69, 9.17) is 4.74 Å². The van der Waals surface area contributed by atoms with Gasteiger partial charge in [-0.1, -0.05) is 30.3 Å². The first-order valence-corrected chi connectivity index (χ1v) is 12.4. The van der Waals surface area contributed by atoms with E-state index in [1.165, 1.54) is 16.5 Å². The van der Waals surface area contributed by atoms with Gasteiger partial charge in [0.2, 0.25) is 0 Å². The summed E-state index contributed by atoms with van der Waals surface area (Å²) in [5.41, 5.74) is 0.397. The van der Waals surface area contributed by atoms with Crippen molar-refractivity contribution in [3.63, 3.8) is 0 Å². The van der Waals surface area contributed by atoms with Crippen molar-refractivity contribution in [1.82, 2.24) is 24.2 Å². The van der Waals surface area contributed by atoms with Crippen LogP contribution in [-0.2, 0) is 18.6 Å². The summed E-state index contributed by atoms with van der Waals surface area (Å²) in [7, 11) is 0. The number of benzene rings is 2. The molecule has 5 rings (SSSR count). The number of rotatable bonds is 6. The number of aromatic nitrogens is 4. The van der Waals surface area contributed by atoms with Crippen LogP contribution in [0.15, 0.2) is 71.9 Å². The molecule has 0 amide bonds. The van der Waals surface area contributed by atoms with Crippen molar-refractivity contribution in [2.24, 2.45) is 0 Å². The molecular formula is C28H33N5O3.